The van der Waals surface area contributed by atoms with Crippen LogP contribution in [0.5, 0.6) is 5.75 Å². The molecule has 0 radical (unpaired) electrons. The number of rotatable bonds is 8. The van der Waals surface area contributed by atoms with E-state index in [1.54, 1.807) is 0 Å². The molecule has 1 N–H and O–H groups in total. The zero-order valence-electron chi connectivity index (χ0n) is 10.9. The lowest BCUT2D eigenvalue weighted by atomic mass is 10.1. The number of nitro groups is 1. The second kappa shape index (κ2) is 7.22. The molecule has 0 aromatic heterocycles. The monoisotopic (exact) mass is 281 g/mol. The summed E-state index contributed by atoms with van der Waals surface area (Å²) in [7, 11) is 0. The van der Waals surface area contributed by atoms with Gasteiger partial charge in [-0.1, -0.05) is 13.3 Å². The van der Waals surface area contributed by atoms with Crippen molar-refractivity contribution in [1.29, 1.82) is 0 Å². The zero-order valence-corrected chi connectivity index (χ0v) is 10.9. The highest BCUT2D eigenvalue weighted by molar-refractivity contribution is 5.81. The van der Waals surface area contributed by atoms with Crippen LogP contribution in [0.4, 0.5) is 5.69 Å². The summed E-state index contributed by atoms with van der Waals surface area (Å²) in [5, 5.41) is 19.7. The number of aliphatic carboxylic acids is 1. The topological polar surface area (TPSA) is 107 Å². The van der Waals surface area contributed by atoms with Crippen LogP contribution < -0.4 is 4.74 Å². The molecule has 1 aromatic carbocycles. The minimum atomic E-state index is -1.13. The molecule has 1 aromatic rings. The fourth-order valence-corrected chi connectivity index (χ4v) is 1.62. The van der Waals surface area contributed by atoms with Gasteiger partial charge in [-0.2, -0.15) is 0 Å². The highest BCUT2D eigenvalue weighted by atomic mass is 16.6. The van der Waals surface area contributed by atoms with Gasteiger partial charge in [0, 0.05) is 12.1 Å². The van der Waals surface area contributed by atoms with Crippen molar-refractivity contribution in [3.05, 3.63) is 33.9 Å². The fourth-order valence-electron chi connectivity index (χ4n) is 1.62. The molecule has 0 saturated heterocycles. The lowest BCUT2D eigenvalue weighted by Gasteiger charge is -2.15. The SMILES string of the molecule is CCCCC(Oc1ccc([N+](=O)[O-])cc1C=O)C(=O)O. The number of carboxylic acid groups (broad SMARTS) is 1. The van der Waals surface area contributed by atoms with Gasteiger partial charge in [0.25, 0.3) is 5.69 Å². The van der Waals surface area contributed by atoms with Crippen LogP contribution in [0.15, 0.2) is 18.2 Å². The number of nitrogens with zero attached hydrogens (tertiary/aromatic N) is 1. The van der Waals surface area contributed by atoms with Gasteiger partial charge >= 0.3 is 5.97 Å². The molecular formula is C13H15NO6. The van der Waals surface area contributed by atoms with Crippen LogP contribution in [-0.2, 0) is 4.79 Å². The third-order valence-electron chi connectivity index (χ3n) is 2.70. The summed E-state index contributed by atoms with van der Waals surface area (Å²) in [6, 6.07) is 3.46. The maximum absolute atomic E-state index is 11.1. The first-order valence-corrected chi connectivity index (χ1v) is 6.12. The number of benzene rings is 1. The van der Waals surface area contributed by atoms with Gasteiger partial charge < -0.3 is 9.84 Å². The Labute approximate surface area is 115 Å². The molecule has 7 nitrogen and oxygen atoms in total. The number of carboxylic acids is 1. The van der Waals surface area contributed by atoms with Gasteiger partial charge in [0.2, 0.25) is 0 Å². The first kappa shape index (κ1) is 15.6. The van der Waals surface area contributed by atoms with E-state index in [1.165, 1.54) is 12.1 Å². The van der Waals surface area contributed by atoms with Crippen molar-refractivity contribution in [1.82, 2.24) is 0 Å². The summed E-state index contributed by atoms with van der Waals surface area (Å²) in [5.74, 6) is -1.09. The third-order valence-corrected chi connectivity index (χ3v) is 2.70. The van der Waals surface area contributed by atoms with E-state index in [-0.39, 0.29) is 17.0 Å². The number of non-ortho nitro benzene ring substituents is 1. The molecule has 1 unspecified atom stereocenters. The zero-order chi connectivity index (χ0) is 15.1. The molecule has 0 bridgehead atoms. The second-order valence-electron chi connectivity index (χ2n) is 4.18. The van der Waals surface area contributed by atoms with Crippen molar-refractivity contribution in [2.24, 2.45) is 0 Å². The molecule has 0 aliphatic rings. The average molecular weight is 281 g/mol. The quantitative estimate of drug-likeness (QED) is 0.445. The maximum atomic E-state index is 11.1. The summed E-state index contributed by atoms with van der Waals surface area (Å²) in [4.78, 5) is 32.0. The molecule has 108 valence electrons. The van der Waals surface area contributed by atoms with Crippen LogP contribution in [0.1, 0.15) is 36.5 Å². The highest BCUT2D eigenvalue weighted by Gasteiger charge is 2.21. The number of ether oxygens (including phenoxy) is 1. The van der Waals surface area contributed by atoms with Crippen molar-refractivity contribution in [2.45, 2.75) is 32.3 Å². The minimum absolute atomic E-state index is 0.0362. The molecule has 0 spiro atoms. The average Bonchev–Trinajstić information content (AvgIpc) is 2.42. The standard InChI is InChI=1S/C13H15NO6/c1-2-3-4-12(13(16)17)20-11-6-5-10(14(18)19)7-9(11)8-15/h5-8,12H,2-4H2,1H3,(H,16,17). The van der Waals surface area contributed by atoms with Crippen molar-refractivity contribution < 1.29 is 24.4 Å². The van der Waals surface area contributed by atoms with E-state index in [1.807, 2.05) is 6.92 Å². The molecular weight excluding hydrogens is 266 g/mol. The Morgan fingerprint density at radius 3 is 2.75 bits per heavy atom. The van der Waals surface area contributed by atoms with E-state index < -0.39 is 17.0 Å². The third kappa shape index (κ3) is 4.04. The Hall–Kier alpha value is -2.44. The van der Waals surface area contributed by atoms with Gasteiger partial charge in [-0.05, 0) is 18.9 Å². The molecule has 1 atom stereocenters. The van der Waals surface area contributed by atoms with E-state index >= 15 is 0 Å². The fraction of sp³-hybridized carbons (Fsp3) is 0.385. The van der Waals surface area contributed by atoms with Crippen molar-refractivity contribution in [2.75, 3.05) is 0 Å². The van der Waals surface area contributed by atoms with Crippen LogP contribution in [0.2, 0.25) is 0 Å². The Morgan fingerprint density at radius 1 is 1.55 bits per heavy atom. The molecule has 0 saturated carbocycles. The lowest BCUT2D eigenvalue weighted by molar-refractivity contribution is -0.384. The van der Waals surface area contributed by atoms with Gasteiger partial charge in [-0.3, -0.25) is 14.9 Å². The number of carbonyl (C=O) groups excluding carboxylic acids is 1. The minimum Gasteiger partial charge on any atom is -0.479 e. The summed E-state index contributed by atoms with van der Waals surface area (Å²) in [5.41, 5.74) is -0.290. The Morgan fingerprint density at radius 2 is 2.25 bits per heavy atom. The highest BCUT2D eigenvalue weighted by Crippen LogP contribution is 2.24. The molecule has 0 fully saturated rings. The molecule has 7 heteroatoms. The predicted octanol–water partition coefficient (Wildman–Crippen LogP) is 2.43. The first-order chi connectivity index (χ1) is 9.49. The van der Waals surface area contributed by atoms with Gasteiger partial charge in [0.05, 0.1) is 10.5 Å². The first-order valence-electron chi connectivity index (χ1n) is 6.12. The van der Waals surface area contributed by atoms with Gasteiger partial charge in [-0.15, -0.1) is 0 Å². The van der Waals surface area contributed by atoms with Crippen molar-refractivity contribution in [3.63, 3.8) is 0 Å². The van der Waals surface area contributed by atoms with Crippen LogP contribution >= 0.6 is 0 Å². The summed E-state index contributed by atoms with van der Waals surface area (Å²) < 4.78 is 5.28. The van der Waals surface area contributed by atoms with Gasteiger partial charge in [0.15, 0.2) is 12.4 Å². The number of hydrogen-bond donors (Lipinski definition) is 1. The number of hydrogen-bond acceptors (Lipinski definition) is 5. The Balaban J connectivity index is 2.97. The normalized spacial score (nSPS) is 11.7. The molecule has 1 rings (SSSR count). The van der Waals surface area contributed by atoms with Gasteiger partial charge in [-0.25, -0.2) is 4.79 Å². The largest absolute Gasteiger partial charge is 0.479 e. The lowest BCUT2D eigenvalue weighted by Crippen LogP contribution is -2.27. The Bertz CT molecular complexity index is 514. The van der Waals surface area contributed by atoms with E-state index in [0.717, 1.165) is 12.5 Å². The van der Waals surface area contributed by atoms with Gasteiger partial charge in [0.1, 0.15) is 5.75 Å². The molecule has 0 amide bonds. The Kier molecular flexibility index (Phi) is 5.64. The van der Waals surface area contributed by atoms with Crippen LogP contribution in [0.25, 0.3) is 0 Å². The van der Waals surface area contributed by atoms with E-state index in [9.17, 15) is 19.7 Å². The number of unbranched alkanes of at least 4 members (excludes halogenated alkanes) is 1. The number of nitro benzene ring substituents is 1. The maximum Gasteiger partial charge on any atom is 0.344 e. The molecule has 0 heterocycles. The van der Waals surface area contributed by atoms with E-state index in [4.69, 9.17) is 9.84 Å². The summed E-state index contributed by atoms with van der Waals surface area (Å²) in [6.07, 6.45) is 1.12. The van der Waals surface area contributed by atoms with Crippen LogP contribution in [0, 0.1) is 10.1 Å². The number of carbonyl (C=O) groups is 2. The smallest absolute Gasteiger partial charge is 0.344 e. The molecule has 20 heavy (non-hydrogen) atoms. The summed E-state index contributed by atoms with van der Waals surface area (Å²) >= 11 is 0. The van der Waals surface area contributed by atoms with Crippen molar-refractivity contribution >= 4 is 17.9 Å². The number of aldehydes is 1. The van der Waals surface area contributed by atoms with Crippen molar-refractivity contribution in [3.8, 4) is 5.75 Å². The van der Waals surface area contributed by atoms with E-state index in [2.05, 4.69) is 0 Å². The van der Waals surface area contributed by atoms with Crippen LogP contribution in [0.3, 0.4) is 0 Å². The molecule has 0 aliphatic heterocycles. The molecule has 0 aliphatic carbocycles. The second-order valence-corrected chi connectivity index (χ2v) is 4.18. The van der Waals surface area contributed by atoms with Crippen LogP contribution in [-0.4, -0.2) is 28.4 Å². The summed E-state index contributed by atoms with van der Waals surface area (Å²) in [6.45, 7) is 1.92. The predicted molar refractivity (Wildman–Crippen MR) is 70.1 cm³/mol. The van der Waals surface area contributed by atoms with E-state index in [0.29, 0.717) is 19.1 Å².